The summed E-state index contributed by atoms with van der Waals surface area (Å²) < 4.78 is 6.19. The summed E-state index contributed by atoms with van der Waals surface area (Å²) in [5.74, 6) is 2.76. The van der Waals surface area contributed by atoms with E-state index in [1.54, 1.807) is 0 Å². The fraction of sp³-hybridized carbons (Fsp3) is 0.417. The van der Waals surface area contributed by atoms with Crippen LogP contribution in [0.2, 0.25) is 0 Å². The molecule has 0 saturated carbocycles. The van der Waals surface area contributed by atoms with E-state index in [0.717, 1.165) is 54.8 Å². The van der Waals surface area contributed by atoms with Gasteiger partial charge in [-0.15, -0.1) is 0 Å². The molecule has 0 spiro atoms. The summed E-state index contributed by atoms with van der Waals surface area (Å²) in [7, 11) is 0. The van der Waals surface area contributed by atoms with Crippen molar-refractivity contribution < 1.29 is 9.53 Å². The molecule has 2 aliphatic heterocycles. The zero-order chi connectivity index (χ0) is 20.6. The number of piperazine rings is 1. The number of nitrogens with zero attached hydrogens (tertiary/aromatic N) is 3. The van der Waals surface area contributed by atoms with Crippen LogP contribution >= 0.6 is 0 Å². The molecule has 4 rings (SSSR count). The Kier molecular flexibility index (Phi) is 5.07. The smallest absolute Gasteiger partial charge is 0.223 e. The molecule has 0 aliphatic carbocycles. The lowest BCUT2D eigenvalue weighted by molar-refractivity contribution is -0.134. The number of aryl methyl sites for hydroxylation is 1. The van der Waals surface area contributed by atoms with Gasteiger partial charge in [-0.2, -0.15) is 0 Å². The number of benzene rings is 2. The Bertz CT molecular complexity index is 951. The minimum Gasteiger partial charge on any atom is -0.454 e. The molecule has 0 aromatic heterocycles. The molecule has 0 unspecified atom stereocenters. The molecule has 5 nitrogen and oxygen atoms in total. The molecule has 0 radical (unpaired) electrons. The SMILES string of the molecule is Cc1ccc2c(c1)C(N1CCN(C(=O)CC(C)(C)C)CC1)=Nc1ccccc1O2. The second-order valence-electron chi connectivity index (χ2n) is 9.11. The summed E-state index contributed by atoms with van der Waals surface area (Å²) in [5.41, 5.74) is 3.03. The van der Waals surface area contributed by atoms with Crippen molar-refractivity contribution >= 4 is 17.4 Å². The first-order valence-corrected chi connectivity index (χ1v) is 10.3. The summed E-state index contributed by atoms with van der Waals surface area (Å²) >= 11 is 0. The van der Waals surface area contributed by atoms with E-state index in [2.05, 4.69) is 44.7 Å². The van der Waals surface area contributed by atoms with Crippen LogP contribution in [-0.2, 0) is 4.79 Å². The van der Waals surface area contributed by atoms with Gasteiger partial charge in [0.25, 0.3) is 0 Å². The van der Waals surface area contributed by atoms with Gasteiger partial charge in [-0.3, -0.25) is 4.79 Å². The lowest BCUT2D eigenvalue weighted by Crippen LogP contribution is -2.51. The summed E-state index contributed by atoms with van der Waals surface area (Å²) in [6.07, 6.45) is 0.581. The van der Waals surface area contributed by atoms with Gasteiger partial charge in [0.1, 0.15) is 17.3 Å². The van der Waals surface area contributed by atoms with E-state index < -0.39 is 0 Å². The zero-order valence-corrected chi connectivity index (χ0v) is 17.7. The van der Waals surface area contributed by atoms with Crippen molar-refractivity contribution in [2.24, 2.45) is 10.4 Å². The Balaban J connectivity index is 1.60. The van der Waals surface area contributed by atoms with Crippen LogP contribution in [0.25, 0.3) is 0 Å². The molecule has 1 saturated heterocycles. The monoisotopic (exact) mass is 391 g/mol. The molecule has 2 aromatic carbocycles. The average Bonchev–Trinajstić information content (AvgIpc) is 2.83. The van der Waals surface area contributed by atoms with Gasteiger partial charge >= 0.3 is 0 Å². The van der Waals surface area contributed by atoms with Crippen LogP contribution < -0.4 is 4.74 Å². The quantitative estimate of drug-likeness (QED) is 0.704. The first-order chi connectivity index (χ1) is 13.8. The molecule has 2 heterocycles. The normalized spacial score (nSPS) is 16.3. The number of hydrogen-bond acceptors (Lipinski definition) is 4. The van der Waals surface area contributed by atoms with Crippen molar-refractivity contribution in [3.05, 3.63) is 53.6 Å². The maximum Gasteiger partial charge on any atom is 0.223 e. The van der Waals surface area contributed by atoms with Crippen molar-refractivity contribution in [3.63, 3.8) is 0 Å². The van der Waals surface area contributed by atoms with Crippen molar-refractivity contribution in [1.29, 1.82) is 0 Å². The molecule has 0 atom stereocenters. The fourth-order valence-corrected chi connectivity index (χ4v) is 3.81. The van der Waals surface area contributed by atoms with Crippen LogP contribution in [0.1, 0.15) is 38.3 Å². The van der Waals surface area contributed by atoms with Gasteiger partial charge in [-0.05, 0) is 36.6 Å². The number of ether oxygens (including phenoxy) is 1. The minimum atomic E-state index is 0.0110. The number of aliphatic imine (C=N–C) groups is 1. The predicted molar refractivity (Wildman–Crippen MR) is 116 cm³/mol. The van der Waals surface area contributed by atoms with Gasteiger partial charge in [0.05, 0.1) is 5.56 Å². The third kappa shape index (κ3) is 4.29. The largest absolute Gasteiger partial charge is 0.454 e. The summed E-state index contributed by atoms with van der Waals surface area (Å²) in [4.78, 5) is 21.9. The highest BCUT2D eigenvalue weighted by molar-refractivity contribution is 6.04. The van der Waals surface area contributed by atoms with Gasteiger partial charge in [0, 0.05) is 32.6 Å². The Morgan fingerprint density at radius 3 is 2.48 bits per heavy atom. The van der Waals surface area contributed by atoms with E-state index in [9.17, 15) is 4.79 Å². The predicted octanol–water partition coefficient (Wildman–Crippen LogP) is 4.76. The Morgan fingerprint density at radius 1 is 1.03 bits per heavy atom. The molecule has 152 valence electrons. The first kappa shape index (κ1) is 19.5. The average molecular weight is 392 g/mol. The number of hydrogen-bond donors (Lipinski definition) is 0. The second kappa shape index (κ2) is 7.54. The Hall–Kier alpha value is -2.82. The molecule has 29 heavy (non-hydrogen) atoms. The second-order valence-corrected chi connectivity index (χ2v) is 9.11. The van der Waals surface area contributed by atoms with Crippen LogP contribution in [-0.4, -0.2) is 47.7 Å². The summed E-state index contributed by atoms with van der Waals surface area (Å²) in [5, 5.41) is 0. The highest BCUT2D eigenvalue weighted by Gasteiger charge is 2.29. The maximum atomic E-state index is 12.6. The third-order valence-corrected chi connectivity index (χ3v) is 5.30. The van der Waals surface area contributed by atoms with E-state index in [4.69, 9.17) is 9.73 Å². The molecule has 5 heteroatoms. The molecular weight excluding hydrogens is 362 g/mol. The van der Waals surface area contributed by atoms with E-state index in [-0.39, 0.29) is 11.3 Å². The van der Waals surface area contributed by atoms with E-state index in [0.29, 0.717) is 6.42 Å². The van der Waals surface area contributed by atoms with Crippen molar-refractivity contribution in [2.75, 3.05) is 26.2 Å². The minimum absolute atomic E-state index is 0.0110. The van der Waals surface area contributed by atoms with Crippen LogP contribution in [0.5, 0.6) is 11.5 Å². The topological polar surface area (TPSA) is 45.1 Å². The lowest BCUT2D eigenvalue weighted by atomic mass is 9.91. The van der Waals surface area contributed by atoms with Gasteiger partial charge in [-0.25, -0.2) is 4.99 Å². The Morgan fingerprint density at radius 2 is 1.76 bits per heavy atom. The number of amides is 1. The molecular formula is C24H29N3O2. The van der Waals surface area contributed by atoms with Crippen molar-refractivity contribution in [2.45, 2.75) is 34.1 Å². The first-order valence-electron chi connectivity index (χ1n) is 10.3. The van der Waals surface area contributed by atoms with Crippen LogP contribution in [0.15, 0.2) is 47.5 Å². The van der Waals surface area contributed by atoms with Crippen molar-refractivity contribution in [3.8, 4) is 11.5 Å². The summed E-state index contributed by atoms with van der Waals surface area (Å²) in [6.45, 7) is 11.4. The maximum absolute atomic E-state index is 12.6. The summed E-state index contributed by atoms with van der Waals surface area (Å²) in [6, 6.07) is 14.1. The lowest BCUT2D eigenvalue weighted by Gasteiger charge is -2.37. The molecule has 2 aromatic rings. The number of fused-ring (bicyclic) bond motifs is 2. The highest BCUT2D eigenvalue weighted by Crippen LogP contribution is 2.38. The van der Waals surface area contributed by atoms with Crippen LogP contribution in [0.4, 0.5) is 5.69 Å². The molecule has 0 bridgehead atoms. The Labute approximate surface area is 173 Å². The van der Waals surface area contributed by atoms with Gasteiger partial charge in [0.2, 0.25) is 5.91 Å². The standard InChI is InChI=1S/C24H29N3O2/c1-17-9-10-20-18(15-17)23(25-19-7-5-6-8-21(19)29-20)27-13-11-26(12-14-27)22(28)16-24(2,3)4/h5-10,15H,11-14,16H2,1-4H3. The van der Waals surface area contributed by atoms with E-state index >= 15 is 0 Å². The number of carbonyl (C=O) groups excluding carboxylic acids is 1. The molecule has 1 fully saturated rings. The number of para-hydroxylation sites is 2. The number of rotatable bonds is 1. The van der Waals surface area contributed by atoms with E-state index in [1.165, 1.54) is 5.56 Å². The van der Waals surface area contributed by atoms with Gasteiger partial charge in [0.15, 0.2) is 5.75 Å². The van der Waals surface area contributed by atoms with Crippen molar-refractivity contribution in [1.82, 2.24) is 9.80 Å². The number of amidine groups is 1. The van der Waals surface area contributed by atoms with Gasteiger partial charge < -0.3 is 14.5 Å². The highest BCUT2D eigenvalue weighted by atomic mass is 16.5. The fourth-order valence-electron chi connectivity index (χ4n) is 3.81. The molecule has 2 aliphatic rings. The van der Waals surface area contributed by atoms with E-state index in [1.807, 2.05) is 35.2 Å². The third-order valence-electron chi connectivity index (χ3n) is 5.30. The molecule has 0 N–H and O–H groups in total. The van der Waals surface area contributed by atoms with Gasteiger partial charge in [-0.1, -0.05) is 44.5 Å². The molecule has 1 amide bonds. The van der Waals surface area contributed by atoms with Crippen LogP contribution in [0, 0.1) is 12.3 Å². The number of carbonyl (C=O) groups is 1. The zero-order valence-electron chi connectivity index (χ0n) is 17.7. The van der Waals surface area contributed by atoms with Crippen LogP contribution in [0.3, 0.4) is 0 Å².